The SMILES string of the molecule is C=C(/C=N/N1CC(=O)N(COP(O)OC)C1=O)OC(=C)c1ccc(NO)cc1. The molecule has 1 fully saturated rings. The van der Waals surface area contributed by atoms with E-state index in [-0.39, 0.29) is 18.1 Å². The van der Waals surface area contributed by atoms with E-state index in [0.717, 1.165) is 9.91 Å². The monoisotopic (exact) mass is 410 g/mol. The number of amides is 3. The topological polar surface area (TPSA) is 133 Å². The third-order valence-electron chi connectivity index (χ3n) is 3.42. The number of carbonyl (C=O) groups excluding carboxylic acids is 2. The molecule has 28 heavy (non-hydrogen) atoms. The van der Waals surface area contributed by atoms with E-state index in [1.165, 1.54) is 13.3 Å². The molecule has 0 radical (unpaired) electrons. The van der Waals surface area contributed by atoms with Gasteiger partial charge in [0.1, 0.15) is 24.8 Å². The maximum Gasteiger partial charge on any atom is 0.349 e. The van der Waals surface area contributed by atoms with Gasteiger partial charge in [-0.3, -0.25) is 20.0 Å². The van der Waals surface area contributed by atoms with E-state index in [0.29, 0.717) is 11.3 Å². The van der Waals surface area contributed by atoms with Gasteiger partial charge in [-0.1, -0.05) is 13.2 Å². The minimum Gasteiger partial charge on any atom is -0.456 e. The molecule has 12 heteroatoms. The number of anilines is 1. The van der Waals surface area contributed by atoms with Crippen molar-refractivity contribution >= 4 is 38.2 Å². The zero-order chi connectivity index (χ0) is 20.7. The summed E-state index contributed by atoms with van der Waals surface area (Å²) in [5, 5.41) is 13.6. The van der Waals surface area contributed by atoms with Crippen LogP contribution in [0.3, 0.4) is 0 Å². The van der Waals surface area contributed by atoms with Crippen LogP contribution in [0.1, 0.15) is 5.56 Å². The largest absolute Gasteiger partial charge is 0.456 e. The summed E-state index contributed by atoms with van der Waals surface area (Å²) < 4.78 is 14.8. The molecule has 1 saturated heterocycles. The Morgan fingerprint density at radius 2 is 2.04 bits per heavy atom. The molecule has 0 bridgehead atoms. The Labute approximate surface area is 162 Å². The minimum atomic E-state index is -2.17. The number of hydrogen-bond donors (Lipinski definition) is 3. The first-order valence-corrected chi connectivity index (χ1v) is 8.86. The summed E-state index contributed by atoms with van der Waals surface area (Å²) in [5.74, 6) is -0.187. The Kier molecular flexibility index (Phi) is 7.61. The Balaban J connectivity index is 1.89. The molecule has 3 amide bonds. The van der Waals surface area contributed by atoms with Crippen molar-refractivity contribution < 1.29 is 33.5 Å². The van der Waals surface area contributed by atoms with Crippen LogP contribution in [0.25, 0.3) is 5.76 Å². The predicted octanol–water partition coefficient (Wildman–Crippen LogP) is 2.08. The number of hydrazone groups is 1. The van der Waals surface area contributed by atoms with Crippen molar-refractivity contribution in [2.24, 2.45) is 5.10 Å². The lowest BCUT2D eigenvalue weighted by Crippen LogP contribution is -2.33. The summed E-state index contributed by atoms with van der Waals surface area (Å²) in [7, 11) is -0.936. The Morgan fingerprint density at radius 1 is 1.36 bits per heavy atom. The number of allylic oxidation sites excluding steroid dienone is 1. The van der Waals surface area contributed by atoms with Crippen molar-refractivity contribution in [3.8, 4) is 0 Å². The number of rotatable bonds is 10. The van der Waals surface area contributed by atoms with Crippen LogP contribution in [0.2, 0.25) is 0 Å². The van der Waals surface area contributed by atoms with Gasteiger partial charge in [-0.05, 0) is 24.3 Å². The zero-order valence-electron chi connectivity index (χ0n) is 14.9. The summed E-state index contributed by atoms with van der Waals surface area (Å²) in [5.41, 5.74) is 3.15. The molecule has 2 rings (SSSR count). The molecule has 0 aromatic heterocycles. The summed E-state index contributed by atoms with van der Waals surface area (Å²) in [6.45, 7) is 6.68. The molecule has 1 heterocycles. The lowest BCUT2D eigenvalue weighted by Gasteiger charge is -2.15. The van der Waals surface area contributed by atoms with Gasteiger partial charge in [-0.25, -0.2) is 14.7 Å². The van der Waals surface area contributed by atoms with Crippen LogP contribution < -0.4 is 5.48 Å². The average molecular weight is 410 g/mol. The Bertz CT molecular complexity index is 784. The fourth-order valence-electron chi connectivity index (χ4n) is 2.01. The highest BCUT2D eigenvalue weighted by Gasteiger charge is 2.36. The van der Waals surface area contributed by atoms with Gasteiger partial charge in [0.2, 0.25) is 0 Å². The van der Waals surface area contributed by atoms with Crippen LogP contribution >= 0.6 is 8.60 Å². The van der Waals surface area contributed by atoms with Gasteiger partial charge in [0.25, 0.3) is 5.91 Å². The highest BCUT2D eigenvalue weighted by atomic mass is 31.2. The summed E-state index contributed by atoms with van der Waals surface area (Å²) in [6, 6.07) is 5.85. The molecule has 1 aliphatic heterocycles. The number of nitrogens with zero attached hydrogens (tertiary/aromatic N) is 3. The van der Waals surface area contributed by atoms with Crippen LogP contribution in [0, 0.1) is 0 Å². The van der Waals surface area contributed by atoms with Gasteiger partial charge in [0.05, 0.1) is 11.9 Å². The van der Waals surface area contributed by atoms with Gasteiger partial charge in [0.15, 0.2) is 0 Å². The van der Waals surface area contributed by atoms with Crippen molar-refractivity contribution in [2.75, 3.05) is 25.9 Å². The first-order valence-electron chi connectivity index (χ1n) is 7.73. The standard InChI is InChI=1S/C16H19N4O7P/c1-11(27-12(2)13-4-6-14(18-23)7-5-13)8-17-20-9-15(21)19(16(20)22)10-26-28(24)25-3/h4-8,18,23-24H,1-2,9-10H2,3H3/b17-8+. The fraction of sp³-hybridized carbons (Fsp3) is 0.188. The minimum absolute atomic E-state index is 0.0857. The molecule has 0 aliphatic carbocycles. The predicted molar refractivity (Wildman–Crippen MR) is 101 cm³/mol. The molecule has 0 spiro atoms. The van der Waals surface area contributed by atoms with E-state index in [2.05, 4.69) is 22.8 Å². The maximum absolute atomic E-state index is 12.1. The lowest BCUT2D eigenvalue weighted by atomic mass is 10.2. The van der Waals surface area contributed by atoms with Gasteiger partial charge >= 0.3 is 14.6 Å². The van der Waals surface area contributed by atoms with E-state index >= 15 is 0 Å². The molecule has 1 aromatic rings. The fourth-order valence-corrected chi connectivity index (χ4v) is 2.33. The lowest BCUT2D eigenvalue weighted by molar-refractivity contribution is -0.127. The van der Waals surface area contributed by atoms with Crippen molar-refractivity contribution in [3.05, 3.63) is 48.7 Å². The Morgan fingerprint density at radius 3 is 2.64 bits per heavy atom. The van der Waals surface area contributed by atoms with E-state index in [1.807, 2.05) is 5.48 Å². The van der Waals surface area contributed by atoms with Crippen LogP contribution in [0.5, 0.6) is 0 Å². The van der Waals surface area contributed by atoms with Gasteiger partial charge in [-0.2, -0.15) is 5.10 Å². The van der Waals surface area contributed by atoms with Crippen LogP contribution in [-0.2, 0) is 18.6 Å². The van der Waals surface area contributed by atoms with Crippen molar-refractivity contribution in [2.45, 2.75) is 0 Å². The number of nitrogens with one attached hydrogen (secondary N) is 1. The van der Waals surface area contributed by atoms with Gasteiger partial charge in [0, 0.05) is 12.7 Å². The first kappa shape index (κ1) is 21.5. The number of imide groups is 1. The number of ether oxygens (including phenoxy) is 1. The Hall–Kier alpha value is -2.82. The second kappa shape index (κ2) is 9.93. The molecule has 1 aromatic carbocycles. The number of benzene rings is 1. The van der Waals surface area contributed by atoms with Gasteiger partial charge in [-0.15, -0.1) is 0 Å². The van der Waals surface area contributed by atoms with Gasteiger partial charge < -0.3 is 14.2 Å². The highest BCUT2D eigenvalue weighted by molar-refractivity contribution is 7.40. The summed E-state index contributed by atoms with van der Waals surface area (Å²) >= 11 is 0. The quantitative estimate of drug-likeness (QED) is 0.176. The van der Waals surface area contributed by atoms with Crippen molar-refractivity contribution in [1.29, 1.82) is 0 Å². The second-order valence-corrected chi connectivity index (χ2v) is 6.36. The number of hydrogen-bond acceptors (Lipinski definition) is 9. The van der Waals surface area contributed by atoms with E-state index in [4.69, 9.17) is 14.5 Å². The van der Waals surface area contributed by atoms with E-state index in [1.54, 1.807) is 24.3 Å². The zero-order valence-corrected chi connectivity index (χ0v) is 15.8. The molecule has 1 atom stereocenters. The number of carbonyl (C=O) groups is 2. The summed E-state index contributed by atoms with van der Waals surface area (Å²) in [6.07, 6.45) is 1.17. The van der Waals surface area contributed by atoms with E-state index < -0.39 is 27.3 Å². The summed E-state index contributed by atoms with van der Waals surface area (Å²) in [4.78, 5) is 34.0. The second-order valence-electron chi connectivity index (χ2n) is 5.27. The maximum atomic E-state index is 12.1. The molecule has 150 valence electrons. The van der Waals surface area contributed by atoms with Crippen molar-refractivity contribution in [1.82, 2.24) is 9.91 Å². The molecule has 11 nitrogen and oxygen atoms in total. The molecule has 1 aliphatic rings. The normalized spacial score (nSPS) is 15.2. The smallest absolute Gasteiger partial charge is 0.349 e. The van der Waals surface area contributed by atoms with Crippen molar-refractivity contribution in [3.63, 3.8) is 0 Å². The highest BCUT2D eigenvalue weighted by Crippen LogP contribution is 2.31. The molecule has 3 N–H and O–H groups in total. The first-order chi connectivity index (χ1) is 13.3. The molecule has 1 unspecified atom stereocenters. The number of urea groups is 1. The van der Waals surface area contributed by atoms with Crippen LogP contribution in [0.4, 0.5) is 10.5 Å². The van der Waals surface area contributed by atoms with Crippen LogP contribution in [-0.4, -0.2) is 58.5 Å². The third-order valence-corrected chi connectivity index (χ3v) is 4.07. The average Bonchev–Trinajstić information content (AvgIpc) is 2.97. The third kappa shape index (κ3) is 5.59. The van der Waals surface area contributed by atoms with Crippen LogP contribution in [0.15, 0.2) is 48.3 Å². The molecular weight excluding hydrogens is 391 g/mol. The van der Waals surface area contributed by atoms with E-state index in [9.17, 15) is 14.5 Å². The molecule has 0 saturated carbocycles. The molecular formula is C16H19N4O7P.